The second-order valence-corrected chi connectivity index (χ2v) is 8.73. The molecule has 0 fully saturated rings. The lowest BCUT2D eigenvalue weighted by atomic mass is 10.1. The molecular formula is C30H23N9. The molecule has 5 aromatic heterocycles. The van der Waals surface area contributed by atoms with Crippen LogP contribution in [-0.2, 0) is 12.8 Å². The minimum absolute atomic E-state index is 0.291. The predicted molar refractivity (Wildman–Crippen MR) is 147 cm³/mol. The molecule has 0 spiro atoms. The number of pyridine rings is 3. The molecule has 0 unspecified atom stereocenters. The molecule has 0 aliphatic rings. The van der Waals surface area contributed by atoms with E-state index in [1.54, 1.807) is 37.2 Å². The van der Waals surface area contributed by atoms with Gasteiger partial charge in [0, 0.05) is 59.4 Å². The fourth-order valence-electron chi connectivity index (χ4n) is 4.05. The van der Waals surface area contributed by atoms with Crippen LogP contribution in [0.2, 0.25) is 0 Å². The van der Waals surface area contributed by atoms with E-state index in [1.807, 2.05) is 48.5 Å². The van der Waals surface area contributed by atoms with Crippen LogP contribution in [0.5, 0.6) is 0 Å². The van der Waals surface area contributed by atoms with Gasteiger partial charge in [0.2, 0.25) is 0 Å². The molecule has 9 heteroatoms. The molecule has 6 rings (SSSR count). The Morgan fingerprint density at radius 1 is 0.410 bits per heavy atom. The Hall–Kier alpha value is -5.31. The van der Waals surface area contributed by atoms with Gasteiger partial charge in [-0.25, -0.2) is 29.9 Å². The Morgan fingerprint density at radius 2 is 0.744 bits per heavy atom. The van der Waals surface area contributed by atoms with E-state index < -0.39 is 0 Å². The van der Waals surface area contributed by atoms with E-state index in [4.69, 9.17) is 29.9 Å². The maximum Gasteiger partial charge on any atom is 0.163 e. The summed E-state index contributed by atoms with van der Waals surface area (Å²) in [5.74, 6) is 3.35. The van der Waals surface area contributed by atoms with Crippen LogP contribution in [0.3, 0.4) is 0 Å². The van der Waals surface area contributed by atoms with Gasteiger partial charge < -0.3 is 0 Å². The van der Waals surface area contributed by atoms with Crippen LogP contribution in [-0.4, -0.2) is 44.9 Å². The molecule has 1 aromatic carbocycles. The summed E-state index contributed by atoms with van der Waals surface area (Å²) in [7, 11) is 0. The van der Waals surface area contributed by atoms with E-state index in [1.165, 1.54) is 5.56 Å². The van der Waals surface area contributed by atoms with Crippen molar-refractivity contribution in [2.24, 2.45) is 0 Å². The first-order valence-corrected chi connectivity index (χ1v) is 12.6. The number of benzene rings is 1. The Balaban J connectivity index is 1.45. The second kappa shape index (κ2) is 11.0. The Morgan fingerprint density at radius 3 is 1.08 bits per heavy atom. The number of rotatable bonds is 7. The average molecular weight is 510 g/mol. The van der Waals surface area contributed by atoms with Crippen molar-refractivity contribution < 1.29 is 0 Å². The van der Waals surface area contributed by atoms with Crippen LogP contribution in [0.15, 0.2) is 97.8 Å². The van der Waals surface area contributed by atoms with Crippen molar-refractivity contribution in [2.45, 2.75) is 19.8 Å². The highest BCUT2D eigenvalue weighted by Crippen LogP contribution is 2.23. The zero-order valence-electron chi connectivity index (χ0n) is 21.2. The highest BCUT2D eigenvalue weighted by molar-refractivity contribution is 5.62. The van der Waals surface area contributed by atoms with Crippen molar-refractivity contribution in [3.63, 3.8) is 0 Å². The van der Waals surface area contributed by atoms with E-state index in [0.29, 0.717) is 41.4 Å². The first kappa shape index (κ1) is 24.1. The molecule has 0 aliphatic carbocycles. The quantitative estimate of drug-likeness (QED) is 0.291. The largest absolute Gasteiger partial charge is 0.265 e. The smallest absolute Gasteiger partial charge is 0.163 e. The van der Waals surface area contributed by atoms with Gasteiger partial charge in [-0.05, 0) is 48.4 Å². The Labute approximate surface area is 225 Å². The van der Waals surface area contributed by atoms with Crippen molar-refractivity contribution in [1.29, 1.82) is 0 Å². The molecule has 39 heavy (non-hydrogen) atoms. The zero-order valence-corrected chi connectivity index (χ0v) is 21.2. The summed E-state index contributed by atoms with van der Waals surface area (Å²) in [5.41, 5.74) is 4.70. The standard InChI is InChI=1S/C30H23N9/c1-2-20-3-5-21(6-4-20)27-34-25(35-28(38-27)22-7-13-31-14-8-22)19-26-36-29(23-9-15-32-16-10-23)39-30(37-26)24-11-17-33-18-12-24/h3-18H,2,19H2,1H3. The van der Waals surface area contributed by atoms with Crippen molar-refractivity contribution in [2.75, 3.05) is 0 Å². The zero-order chi connectivity index (χ0) is 26.4. The molecule has 0 bridgehead atoms. The maximum absolute atomic E-state index is 4.83. The molecule has 9 nitrogen and oxygen atoms in total. The van der Waals surface area contributed by atoms with Gasteiger partial charge in [-0.2, -0.15) is 0 Å². The van der Waals surface area contributed by atoms with Gasteiger partial charge in [0.1, 0.15) is 11.6 Å². The molecule has 0 amide bonds. The molecule has 0 saturated carbocycles. The molecule has 0 saturated heterocycles. The predicted octanol–water partition coefficient (Wildman–Crippen LogP) is 5.06. The molecule has 188 valence electrons. The van der Waals surface area contributed by atoms with Gasteiger partial charge in [0.15, 0.2) is 23.3 Å². The molecule has 0 atom stereocenters. The van der Waals surface area contributed by atoms with Crippen molar-refractivity contribution in [3.8, 4) is 45.6 Å². The molecule has 0 aliphatic heterocycles. The van der Waals surface area contributed by atoms with Crippen molar-refractivity contribution in [3.05, 3.63) is 115 Å². The minimum Gasteiger partial charge on any atom is -0.265 e. The first-order valence-electron chi connectivity index (χ1n) is 12.6. The topological polar surface area (TPSA) is 116 Å². The van der Waals surface area contributed by atoms with Crippen LogP contribution in [0.25, 0.3) is 45.6 Å². The number of hydrogen-bond acceptors (Lipinski definition) is 9. The van der Waals surface area contributed by atoms with Crippen LogP contribution in [0.1, 0.15) is 24.1 Å². The van der Waals surface area contributed by atoms with E-state index in [9.17, 15) is 0 Å². The summed E-state index contributed by atoms with van der Waals surface area (Å²) in [6.45, 7) is 2.13. The highest BCUT2D eigenvalue weighted by Gasteiger charge is 2.15. The van der Waals surface area contributed by atoms with Gasteiger partial charge in [0.25, 0.3) is 0 Å². The van der Waals surface area contributed by atoms with Gasteiger partial charge >= 0.3 is 0 Å². The fraction of sp³-hybridized carbons (Fsp3) is 0.100. The molecule has 5 heterocycles. The van der Waals surface area contributed by atoms with Gasteiger partial charge in [-0.3, -0.25) is 15.0 Å². The SMILES string of the molecule is CCc1ccc(-c2nc(Cc3nc(-c4ccncc4)nc(-c4ccncc4)n3)nc(-c3ccncc3)n2)cc1. The first-order chi connectivity index (χ1) is 19.2. The fourth-order valence-corrected chi connectivity index (χ4v) is 4.05. The number of nitrogens with zero attached hydrogens (tertiary/aromatic N) is 9. The van der Waals surface area contributed by atoms with Crippen molar-refractivity contribution >= 4 is 0 Å². The number of aromatic nitrogens is 9. The highest BCUT2D eigenvalue weighted by atomic mass is 15.1. The summed E-state index contributed by atoms with van der Waals surface area (Å²) < 4.78 is 0. The summed E-state index contributed by atoms with van der Waals surface area (Å²) in [6, 6.07) is 19.5. The van der Waals surface area contributed by atoms with E-state index in [-0.39, 0.29) is 0 Å². The Kier molecular flexibility index (Phi) is 6.77. The number of hydrogen-bond donors (Lipinski definition) is 0. The van der Waals surface area contributed by atoms with Crippen LogP contribution >= 0.6 is 0 Å². The molecule has 0 radical (unpaired) electrons. The lowest BCUT2D eigenvalue weighted by Crippen LogP contribution is -2.08. The summed E-state index contributed by atoms with van der Waals surface area (Å²) in [5, 5.41) is 0. The monoisotopic (exact) mass is 509 g/mol. The van der Waals surface area contributed by atoms with Crippen LogP contribution < -0.4 is 0 Å². The van der Waals surface area contributed by atoms with Crippen LogP contribution in [0.4, 0.5) is 0 Å². The molecule has 6 aromatic rings. The number of aryl methyl sites for hydroxylation is 1. The molecular weight excluding hydrogens is 486 g/mol. The van der Waals surface area contributed by atoms with E-state index >= 15 is 0 Å². The van der Waals surface area contributed by atoms with Gasteiger partial charge in [0.05, 0.1) is 6.42 Å². The normalized spacial score (nSPS) is 10.9. The van der Waals surface area contributed by atoms with Gasteiger partial charge in [-0.15, -0.1) is 0 Å². The summed E-state index contributed by atoms with van der Waals surface area (Å²) in [6.07, 6.45) is 11.6. The van der Waals surface area contributed by atoms with Crippen LogP contribution in [0, 0.1) is 0 Å². The van der Waals surface area contributed by atoms with E-state index in [2.05, 4.69) is 34.0 Å². The lowest BCUT2D eigenvalue weighted by Gasteiger charge is -2.10. The second-order valence-electron chi connectivity index (χ2n) is 8.73. The maximum atomic E-state index is 4.83. The van der Waals surface area contributed by atoms with Crippen molar-refractivity contribution in [1.82, 2.24) is 44.9 Å². The van der Waals surface area contributed by atoms with Gasteiger partial charge in [-0.1, -0.05) is 31.2 Å². The average Bonchev–Trinajstić information content (AvgIpc) is 3.02. The molecule has 0 N–H and O–H groups in total. The summed E-state index contributed by atoms with van der Waals surface area (Å²) >= 11 is 0. The lowest BCUT2D eigenvalue weighted by molar-refractivity contribution is 0.860. The third-order valence-corrected chi connectivity index (χ3v) is 6.12. The minimum atomic E-state index is 0.291. The third kappa shape index (κ3) is 5.52. The van der Waals surface area contributed by atoms with E-state index in [0.717, 1.165) is 28.7 Å². The Bertz CT molecular complexity index is 1640. The summed E-state index contributed by atoms with van der Waals surface area (Å²) in [4.78, 5) is 41.0. The third-order valence-electron chi connectivity index (χ3n) is 6.12.